The van der Waals surface area contributed by atoms with E-state index in [4.69, 9.17) is 0 Å². The normalized spacial score (nSPS) is 16.7. The van der Waals surface area contributed by atoms with Crippen molar-refractivity contribution in [2.24, 2.45) is 0 Å². The van der Waals surface area contributed by atoms with Gasteiger partial charge in [-0.05, 0) is 42.3 Å². The molecule has 0 bridgehead atoms. The molecule has 0 spiro atoms. The number of anilines is 1. The van der Waals surface area contributed by atoms with Crippen LogP contribution in [-0.2, 0) is 16.1 Å². The van der Waals surface area contributed by atoms with Crippen LogP contribution in [-0.4, -0.2) is 52.8 Å². The molecule has 166 valence electrons. The first-order chi connectivity index (χ1) is 16.1. The fraction of sp³-hybridized carbons (Fsp3) is 0.222. The van der Waals surface area contributed by atoms with Gasteiger partial charge < -0.3 is 9.80 Å². The highest BCUT2D eigenvalue weighted by molar-refractivity contribution is 6.35. The zero-order chi connectivity index (χ0) is 22.8. The first-order valence-electron chi connectivity index (χ1n) is 11.2. The number of imide groups is 1. The molecule has 6 nitrogen and oxygen atoms in total. The topological polar surface area (TPSA) is 56.8 Å². The van der Waals surface area contributed by atoms with Crippen LogP contribution < -0.4 is 4.90 Å². The Morgan fingerprint density at radius 2 is 1.39 bits per heavy atom. The van der Waals surface area contributed by atoms with Gasteiger partial charge in [0.2, 0.25) is 0 Å². The zero-order valence-corrected chi connectivity index (χ0v) is 18.6. The summed E-state index contributed by atoms with van der Waals surface area (Å²) in [5, 5.41) is 0. The predicted molar refractivity (Wildman–Crippen MR) is 128 cm³/mol. The standard InChI is InChI=1S/C27H26N4O2/c1-20-7-9-22(10-8-20)24-25(27(33)31(26(24)32)19-21-11-13-28-14-12-21)30-17-15-29(16-18-30)23-5-3-2-4-6-23/h2-14H,15-19H2,1H3. The minimum atomic E-state index is -0.235. The molecule has 6 heteroatoms. The second kappa shape index (κ2) is 8.90. The molecule has 0 radical (unpaired) electrons. The monoisotopic (exact) mass is 438 g/mol. The first kappa shape index (κ1) is 20.9. The molecule has 2 aliphatic rings. The molecule has 3 aromatic rings. The predicted octanol–water partition coefficient (Wildman–Crippen LogP) is 3.49. The van der Waals surface area contributed by atoms with E-state index in [0.29, 0.717) is 24.4 Å². The Balaban J connectivity index is 1.45. The van der Waals surface area contributed by atoms with Crippen LogP contribution in [0.3, 0.4) is 0 Å². The van der Waals surface area contributed by atoms with Crippen molar-refractivity contribution in [2.75, 3.05) is 31.1 Å². The van der Waals surface area contributed by atoms with Gasteiger partial charge in [-0.1, -0.05) is 48.0 Å². The lowest BCUT2D eigenvalue weighted by molar-refractivity contribution is -0.138. The van der Waals surface area contributed by atoms with Gasteiger partial charge in [0.25, 0.3) is 11.8 Å². The minimum absolute atomic E-state index is 0.222. The van der Waals surface area contributed by atoms with Crippen LogP contribution in [0.4, 0.5) is 5.69 Å². The third kappa shape index (κ3) is 4.12. The molecule has 1 aromatic heterocycles. The van der Waals surface area contributed by atoms with E-state index in [2.05, 4.69) is 26.9 Å². The number of hydrogen-bond acceptors (Lipinski definition) is 5. The van der Waals surface area contributed by atoms with E-state index in [1.54, 1.807) is 12.4 Å². The number of aryl methyl sites for hydroxylation is 1. The molecule has 33 heavy (non-hydrogen) atoms. The second-order valence-corrected chi connectivity index (χ2v) is 8.45. The van der Waals surface area contributed by atoms with Gasteiger partial charge in [-0.2, -0.15) is 0 Å². The van der Waals surface area contributed by atoms with Crippen LogP contribution in [0.5, 0.6) is 0 Å². The maximum atomic E-state index is 13.6. The average Bonchev–Trinajstić information content (AvgIpc) is 3.11. The minimum Gasteiger partial charge on any atom is -0.368 e. The highest BCUT2D eigenvalue weighted by Gasteiger charge is 2.42. The third-order valence-electron chi connectivity index (χ3n) is 6.29. The highest BCUT2D eigenvalue weighted by Crippen LogP contribution is 2.33. The Bertz CT molecular complexity index is 1180. The van der Waals surface area contributed by atoms with E-state index in [0.717, 1.165) is 29.8 Å². The molecule has 0 aliphatic carbocycles. The van der Waals surface area contributed by atoms with Crippen molar-refractivity contribution in [1.29, 1.82) is 0 Å². The van der Waals surface area contributed by atoms with E-state index in [9.17, 15) is 9.59 Å². The van der Waals surface area contributed by atoms with Gasteiger partial charge in [-0.3, -0.25) is 19.5 Å². The molecule has 2 amide bonds. The molecule has 0 saturated carbocycles. The Labute approximate surface area is 193 Å². The van der Waals surface area contributed by atoms with Crippen molar-refractivity contribution >= 4 is 23.1 Å². The van der Waals surface area contributed by atoms with Crippen LogP contribution in [0, 0.1) is 6.92 Å². The van der Waals surface area contributed by atoms with Gasteiger partial charge >= 0.3 is 0 Å². The van der Waals surface area contributed by atoms with E-state index < -0.39 is 0 Å². The molecular weight excluding hydrogens is 412 g/mol. The quantitative estimate of drug-likeness (QED) is 0.571. The lowest BCUT2D eigenvalue weighted by Crippen LogP contribution is -2.47. The number of hydrogen-bond donors (Lipinski definition) is 0. The van der Waals surface area contributed by atoms with Gasteiger partial charge in [0.05, 0.1) is 12.1 Å². The summed E-state index contributed by atoms with van der Waals surface area (Å²) in [7, 11) is 0. The second-order valence-electron chi connectivity index (χ2n) is 8.45. The summed E-state index contributed by atoms with van der Waals surface area (Å²) in [4.78, 5) is 36.9. The Kier molecular flexibility index (Phi) is 5.65. The lowest BCUT2D eigenvalue weighted by Gasteiger charge is -2.37. The maximum absolute atomic E-state index is 13.6. The fourth-order valence-corrected chi connectivity index (χ4v) is 4.48. The van der Waals surface area contributed by atoms with E-state index in [1.165, 1.54) is 10.6 Å². The summed E-state index contributed by atoms with van der Waals surface area (Å²) in [6, 6.07) is 21.8. The largest absolute Gasteiger partial charge is 0.368 e. The number of carbonyl (C=O) groups is 2. The SMILES string of the molecule is Cc1ccc(C2=C(N3CCN(c4ccccc4)CC3)C(=O)N(Cc3ccncc3)C2=O)cc1. The highest BCUT2D eigenvalue weighted by atomic mass is 16.2. The molecule has 3 heterocycles. The number of amides is 2. The summed E-state index contributed by atoms with van der Waals surface area (Å²) in [5.74, 6) is -0.457. The van der Waals surface area contributed by atoms with Crippen molar-refractivity contribution in [2.45, 2.75) is 13.5 Å². The van der Waals surface area contributed by atoms with Crippen LogP contribution >= 0.6 is 0 Å². The smallest absolute Gasteiger partial charge is 0.278 e. The van der Waals surface area contributed by atoms with Crippen LogP contribution in [0.15, 0.2) is 84.8 Å². The summed E-state index contributed by atoms with van der Waals surface area (Å²) in [6.07, 6.45) is 3.36. The molecule has 5 rings (SSSR count). The van der Waals surface area contributed by atoms with Crippen molar-refractivity contribution in [3.05, 3.63) is 102 Å². The number of para-hydroxylation sites is 1. The van der Waals surface area contributed by atoms with Gasteiger partial charge in [-0.25, -0.2) is 0 Å². The molecule has 2 aliphatic heterocycles. The maximum Gasteiger partial charge on any atom is 0.278 e. The Hall–Kier alpha value is -3.93. The van der Waals surface area contributed by atoms with Crippen LogP contribution in [0.25, 0.3) is 5.57 Å². The molecular formula is C27H26N4O2. The summed E-state index contributed by atoms with van der Waals surface area (Å²) >= 11 is 0. The number of pyridine rings is 1. The number of benzene rings is 2. The number of carbonyl (C=O) groups excluding carboxylic acids is 2. The van der Waals surface area contributed by atoms with Crippen molar-refractivity contribution in [3.8, 4) is 0 Å². The van der Waals surface area contributed by atoms with E-state index in [-0.39, 0.29) is 18.4 Å². The molecule has 1 fully saturated rings. The van der Waals surface area contributed by atoms with Gasteiger partial charge in [-0.15, -0.1) is 0 Å². The molecule has 0 N–H and O–H groups in total. The summed E-state index contributed by atoms with van der Waals surface area (Å²) < 4.78 is 0. The first-order valence-corrected chi connectivity index (χ1v) is 11.2. The average molecular weight is 439 g/mol. The van der Waals surface area contributed by atoms with E-state index >= 15 is 0 Å². The number of nitrogens with zero attached hydrogens (tertiary/aromatic N) is 4. The zero-order valence-electron chi connectivity index (χ0n) is 18.6. The van der Waals surface area contributed by atoms with Crippen LogP contribution in [0.1, 0.15) is 16.7 Å². The van der Waals surface area contributed by atoms with Gasteiger partial charge in [0, 0.05) is 44.3 Å². The van der Waals surface area contributed by atoms with Crippen LogP contribution in [0.2, 0.25) is 0 Å². The van der Waals surface area contributed by atoms with Crippen molar-refractivity contribution in [3.63, 3.8) is 0 Å². The van der Waals surface area contributed by atoms with Crippen molar-refractivity contribution < 1.29 is 9.59 Å². The molecule has 0 unspecified atom stereocenters. The van der Waals surface area contributed by atoms with E-state index in [1.807, 2.05) is 61.5 Å². The number of piperazine rings is 1. The molecule has 0 atom stereocenters. The molecule has 2 aromatic carbocycles. The number of aromatic nitrogens is 1. The fourth-order valence-electron chi connectivity index (χ4n) is 4.48. The van der Waals surface area contributed by atoms with Gasteiger partial charge in [0.1, 0.15) is 5.70 Å². The Morgan fingerprint density at radius 1 is 0.758 bits per heavy atom. The third-order valence-corrected chi connectivity index (χ3v) is 6.29. The summed E-state index contributed by atoms with van der Waals surface area (Å²) in [5.41, 5.74) is 4.98. The van der Waals surface area contributed by atoms with Gasteiger partial charge in [0.15, 0.2) is 0 Å². The number of rotatable bonds is 5. The Morgan fingerprint density at radius 3 is 2.06 bits per heavy atom. The summed E-state index contributed by atoms with van der Waals surface area (Å²) in [6.45, 7) is 5.20. The van der Waals surface area contributed by atoms with Crippen molar-refractivity contribution in [1.82, 2.24) is 14.8 Å². The molecule has 1 saturated heterocycles. The lowest BCUT2D eigenvalue weighted by atomic mass is 10.0.